The number of likely N-dealkylation sites (tertiary alicyclic amines) is 1. The predicted molar refractivity (Wildman–Crippen MR) is 103 cm³/mol. The van der Waals surface area contributed by atoms with Crippen LogP contribution in [0.2, 0.25) is 0 Å². The first-order valence-electron chi connectivity index (χ1n) is 9.37. The zero-order valence-electron chi connectivity index (χ0n) is 16.3. The van der Waals surface area contributed by atoms with Gasteiger partial charge in [0.25, 0.3) is 0 Å². The first kappa shape index (κ1) is 21.2. The van der Waals surface area contributed by atoms with Gasteiger partial charge < -0.3 is 25.0 Å². The predicted octanol–water partition coefficient (Wildman–Crippen LogP) is 2.84. The Morgan fingerprint density at radius 2 is 2.07 bits per heavy atom. The molecule has 2 rings (SSSR count). The van der Waals surface area contributed by atoms with Crippen LogP contribution in [0.4, 0.5) is 8.78 Å². The molecule has 0 saturated carbocycles. The fraction of sp³-hybridized carbons (Fsp3) is 0.632. The van der Waals surface area contributed by atoms with Crippen molar-refractivity contribution < 1.29 is 18.3 Å². The lowest BCUT2D eigenvalue weighted by molar-refractivity contribution is -0.0505. The van der Waals surface area contributed by atoms with Gasteiger partial charge in [-0.15, -0.1) is 0 Å². The molecule has 8 heteroatoms. The number of alkyl halides is 2. The molecule has 6 nitrogen and oxygen atoms in total. The van der Waals surface area contributed by atoms with Gasteiger partial charge in [-0.2, -0.15) is 8.78 Å². The summed E-state index contributed by atoms with van der Waals surface area (Å²) >= 11 is 0. The number of hydrogen-bond acceptors (Lipinski definition) is 4. The van der Waals surface area contributed by atoms with Crippen molar-refractivity contribution in [1.29, 1.82) is 0 Å². The van der Waals surface area contributed by atoms with Crippen LogP contribution < -0.4 is 20.1 Å². The van der Waals surface area contributed by atoms with Crippen molar-refractivity contribution >= 4 is 5.96 Å². The van der Waals surface area contributed by atoms with Crippen LogP contribution in [-0.4, -0.2) is 57.3 Å². The normalized spacial score (nSPS) is 16.4. The Hall–Kier alpha value is -2.09. The number of guanidine groups is 1. The molecule has 0 bridgehead atoms. The first-order chi connectivity index (χ1) is 13.0. The Labute approximate surface area is 159 Å². The van der Waals surface area contributed by atoms with E-state index in [1.807, 2.05) is 0 Å². The minimum Gasteiger partial charge on any atom is -0.497 e. The van der Waals surface area contributed by atoms with Gasteiger partial charge in [-0.1, -0.05) is 6.92 Å². The van der Waals surface area contributed by atoms with Gasteiger partial charge in [0.15, 0.2) is 5.96 Å². The molecule has 27 heavy (non-hydrogen) atoms. The second-order valence-electron chi connectivity index (χ2n) is 6.54. The van der Waals surface area contributed by atoms with Crippen LogP contribution in [-0.2, 0) is 6.54 Å². The summed E-state index contributed by atoms with van der Waals surface area (Å²) in [5, 5.41) is 6.60. The van der Waals surface area contributed by atoms with Crippen molar-refractivity contribution in [3.05, 3.63) is 23.8 Å². The summed E-state index contributed by atoms with van der Waals surface area (Å²) in [5.41, 5.74) is 0.608. The van der Waals surface area contributed by atoms with Gasteiger partial charge in [0, 0.05) is 44.4 Å². The fourth-order valence-corrected chi connectivity index (χ4v) is 3.20. The molecule has 1 fully saturated rings. The molecule has 0 unspecified atom stereocenters. The number of nitrogens with zero attached hydrogens (tertiary/aromatic N) is 2. The summed E-state index contributed by atoms with van der Waals surface area (Å²) in [6.45, 7) is 2.92. The molecule has 1 saturated heterocycles. The van der Waals surface area contributed by atoms with Gasteiger partial charge in [-0.05, 0) is 37.9 Å². The number of aliphatic imine (C=N–C) groups is 1. The lowest BCUT2D eigenvalue weighted by atomic mass is 10.1. The Balaban J connectivity index is 1.90. The molecular weight excluding hydrogens is 354 g/mol. The van der Waals surface area contributed by atoms with E-state index >= 15 is 0 Å². The SMILES string of the molecule is CCCN1CCC(NC(=NC)NCc2ccc(OC)cc2OC(F)F)CC1. The zero-order chi connectivity index (χ0) is 19.6. The molecule has 1 aliphatic heterocycles. The van der Waals surface area contributed by atoms with Crippen molar-refractivity contribution in [1.82, 2.24) is 15.5 Å². The van der Waals surface area contributed by atoms with Crippen LogP contribution in [0.25, 0.3) is 0 Å². The van der Waals surface area contributed by atoms with Crippen LogP contribution in [0.1, 0.15) is 31.7 Å². The van der Waals surface area contributed by atoms with Crippen LogP contribution in [0.15, 0.2) is 23.2 Å². The highest BCUT2D eigenvalue weighted by Crippen LogP contribution is 2.26. The van der Waals surface area contributed by atoms with Gasteiger partial charge in [-0.3, -0.25) is 4.99 Å². The Morgan fingerprint density at radius 3 is 2.67 bits per heavy atom. The molecule has 2 N–H and O–H groups in total. The topological polar surface area (TPSA) is 58.1 Å². The molecule has 1 aromatic carbocycles. The van der Waals surface area contributed by atoms with Crippen molar-refractivity contribution in [2.75, 3.05) is 33.8 Å². The smallest absolute Gasteiger partial charge is 0.387 e. The van der Waals surface area contributed by atoms with Crippen molar-refractivity contribution in [3.8, 4) is 11.5 Å². The quantitative estimate of drug-likeness (QED) is 0.533. The van der Waals surface area contributed by atoms with Gasteiger partial charge >= 0.3 is 6.61 Å². The molecule has 0 amide bonds. The first-order valence-corrected chi connectivity index (χ1v) is 9.37. The van der Waals surface area contributed by atoms with E-state index in [1.54, 1.807) is 19.2 Å². The molecular formula is C19H30F2N4O2. The minimum absolute atomic E-state index is 0.0974. The van der Waals surface area contributed by atoms with E-state index in [4.69, 9.17) is 4.74 Å². The van der Waals surface area contributed by atoms with E-state index in [9.17, 15) is 8.78 Å². The number of nitrogens with one attached hydrogen (secondary N) is 2. The molecule has 0 spiro atoms. The lowest BCUT2D eigenvalue weighted by Gasteiger charge is -2.32. The number of hydrogen-bond donors (Lipinski definition) is 2. The van der Waals surface area contributed by atoms with Gasteiger partial charge in [0.1, 0.15) is 11.5 Å². The third-order valence-electron chi connectivity index (χ3n) is 4.63. The largest absolute Gasteiger partial charge is 0.497 e. The average Bonchev–Trinajstić information content (AvgIpc) is 2.67. The van der Waals surface area contributed by atoms with Gasteiger partial charge in [0.2, 0.25) is 0 Å². The van der Waals surface area contributed by atoms with Gasteiger partial charge in [0.05, 0.1) is 7.11 Å². The molecule has 0 radical (unpaired) electrons. The van der Waals surface area contributed by atoms with Crippen LogP contribution >= 0.6 is 0 Å². The van der Waals surface area contributed by atoms with E-state index < -0.39 is 6.61 Å². The molecule has 0 atom stereocenters. The fourth-order valence-electron chi connectivity index (χ4n) is 3.20. The van der Waals surface area contributed by atoms with Gasteiger partial charge in [-0.25, -0.2) is 0 Å². The minimum atomic E-state index is -2.89. The van der Waals surface area contributed by atoms with Crippen LogP contribution in [0.5, 0.6) is 11.5 Å². The van der Waals surface area contributed by atoms with E-state index in [-0.39, 0.29) is 5.75 Å². The Bertz CT molecular complexity index is 605. The van der Waals surface area contributed by atoms with E-state index in [0.717, 1.165) is 32.5 Å². The standard InChI is InChI=1S/C19H30F2N4O2/c1-4-9-25-10-7-15(8-11-25)24-19(22-2)23-13-14-5-6-16(26-3)12-17(14)27-18(20)21/h5-6,12,15,18H,4,7-11,13H2,1-3H3,(H2,22,23,24). The Kier molecular flexibility index (Phi) is 8.57. The molecule has 152 valence electrons. The summed E-state index contributed by atoms with van der Waals surface area (Å²) in [4.78, 5) is 6.72. The molecule has 1 aliphatic rings. The maximum atomic E-state index is 12.7. The summed E-state index contributed by atoms with van der Waals surface area (Å²) < 4.78 is 35.0. The number of methoxy groups -OCH3 is 1. The van der Waals surface area contributed by atoms with Crippen LogP contribution in [0, 0.1) is 0 Å². The van der Waals surface area contributed by atoms with Crippen LogP contribution in [0.3, 0.4) is 0 Å². The number of halogens is 2. The summed E-state index contributed by atoms with van der Waals surface area (Å²) in [6, 6.07) is 5.25. The zero-order valence-corrected chi connectivity index (χ0v) is 16.3. The number of ether oxygens (including phenoxy) is 2. The number of piperidine rings is 1. The number of benzene rings is 1. The second kappa shape index (κ2) is 10.9. The highest BCUT2D eigenvalue weighted by atomic mass is 19.3. The maximum absolute atomic E-state index is 12.7. The molecule has 0 aliphatic carbocycles. The lowest BCUT2D eigenvalue weighted by Crippen LogP contribution is -2.48. The Morgan fingerprint density at radius 1 is 1.33 bits per heavy atom. The third kappa shape index (κ3) is 6.86. The third-order valence-corrected chi connectivity index (χ3v) is 4.63. The van der Waals surface area contributed by atoms with Crippen molar-refractivity contribution in [3.63, 3.8) is 0 Å². The molecule has 1 aromatic rings. The monoisotopic (exact) mass is 384 g/mol. The molecule has 0 aromatic heterocycles. The highest BCUT2D eigenvalue weighted by molar-refractivity contribution is 5.80. The van der Waals surface area contributed by atoms with E-state index in [1.165, 1.54) is 19.6 Å². The second-order valence-corrected chi connectivity index (χ2v) is 6.54. The maximum Gasteiger partial charge on any atom is 0.387 e. The van der Waals surface area contributed by atoms with Crippen molar-refractivity contribution in [2.24, 2.45) is 4.99 Å². The van der Waals surface area contributed by atoms with Crippen molar-refractivity contribution in [2.45, 2.75) is 45.4 Å². The van der Waals surface area contributed by atoms with E-state index in [2.05, 4.69) is 32.2 Å². The molecule has 1 heterocycles. The number of rotatable bonds is 8. The summed E-state index contributed by atoms with van der Waals surface area (Å²) in [6.07, 6.45) is 3.29. The summed E-state index contributed by atoms with van der Waals surface area (Å²) in [7, 11) is 3.18. The highest BCUT2D eigenvalue weighted by Gasteiger charge is 2.19. The van der Waals surface area contributed by atoms with E-state index in [0.29, 0.717) is 29.9 Å². The summed E-state index contributed by atoms with van der Waals surface area (Å²) in [5.74, 6) is 1.22. The average molecular weight is 384 g/mol.